The normalized spacial score (nSPS) is 14.2. The van der Waals surface area contributed by atoms with E-state index in [1.165, 1.54) is 24.3 Å². The maximum absolute atomic E-state index is 13.6. The van der Waals surface area contributed by atoms with Crippen molar-refractivity contribution < 1.29 is 54.3 Å². The van der Waals surface area contributed by atoms with Crippen LogP contribution in [0.4, 0.5) is 0 Å². The summed E-state index contributed by atoms with van der Waals surface area (Å²) in [6, 6.07) is 4.67. The van der Waals surface area contributed by atoms with Gasteiger partial charge in [0.1, 0.15) is 36.0 Å². The third-order valence-corrected chi connectivity index (χ3v) is 7.08. The van der Waals surface area contributed by atoms with Crippen molar-refractivity contribution in [1.29, 1.82) is 0 Å². The number of hydrogen-bond acceptors (Lipinski definition) is 10. The molecule has 2 aromatic carbocycles. The van der Waals surface area contributed by atoms with Gasteiger partial charge in [-0.2, -0.15) is 0 Å². The van der Waals surface area contributed by atoms with E-state index in [4.69, 9.17) is 10.8 Å². The van der Waals surface area contributed by atoms with E-state index in [1.807, 2.05) is 0 Å². The molecule has 4 amide bonds. The molecule has 0 aliphatic carbocycles. The van der Waals surface area contributed by atoms with Gasteiger partial charge in [-0.05, 0) is 29.3 Å². The first-order chi connectivity index (χ1) is 22.3. The third-order valence-electron chi connectivity index (χ3n) is 7.08. The highest BCUT2D eigenvalue weighted by Gasteiger charge is 2.33. The van der Waals surface area contributed by atoms with Crippen LogP contribution >= 0.6 is 0 Å². The number of benzene rings is 2. The van der Waals surface area contributed by atoms with E-state index in [2.05, 4.69) is 26.3 Å². The summed E-state index contributed by atoms with van der Waals surface area (Å²) in [6.45, 7) is -1.67. The van der Waals surface area contributed by atoms with E-state index in [9.17, 15) is 49.2 Å². The molecule has 252 valence electrons. The number of H-pyrrole nitrogens is 1. The Morgan fingerprint density at radius 1 is 0.702 bits per heavy atom. The molecule has 3 aromatic rings. The lowest BCUT2D eigenvalue weighted by Crippen LogP contribution is -2.60. The van der Waals surface area contributed by atoms with Crippen LogP contribution in [0, 0.1) is 0 Å². The van der Waals surface area contributed by atoms with E-state index >= 15 is 0 Å². The van der Waals surface area contributed by atoms with Gasteiger partial charge in [-0.3, -0.25) is 24.0 Å². The quantitative estimate of drug-likeness (QED) is 0.0717. The van der Waals surface area contributed by atoms with E-state index in [0.29, 0.717) is 22.0 Å². The van der Waals surface area contributed by atoms with Gasteiger partial charge in [-0.15, -0.1) is 0 Å². The second-order valence-corrected chi connectivity index (χ2v) is 10.6. The van der Waals surface area contributed by atoms with E-state index in [-0.39, 0.29) is 18.6 Å². The van der Waals surface area contributed by atoms with Crippen LogP contribution in [0.1, 0.15) is 17.5 Å². The highest BCUT2D eigenvalue weighted by Crippen LogP contribution is 2.19. The van der Waals surface area contributed by atoms with Crippen LogP contribution in [0.15, 0.2) is 54.7 Å². The molecule has 0 saturated carbocycles. The van der Waals surface area contributed by atoms with Crippen molar-refractivity contribution >= 4 is 46.5 Å². The van der Waals surface area contributed by atoms with Crippen molar-refractivity contribution in [2.24, 2.45) is 5.73 Å². The van der Waals surface area contributed by atoms with E-state index < -0.39 is 85.4 Å². The molecular formula is C30H36N6O11. The highest BCUT2D eigenvalue weighted by atomic mass is 16.4. The first kappa shape index (κ1) is 36.0. The second kappa shape index (κ2) is 16.7. The van der Waals surface area contributed by atoms with Gasteiger partial charge in [0.2, 0.25) is 23.6 Å². The number of aliphatic hydroxyl groups is 2. The predicted octanol–water partition coefficient (Wildman–Crippen LogP) is -2.53. The number of aromatic amines is 1. The van der Waals surface area contributed by atoms with Gasteiger partial charge in [0.25, 0.3) is 0 Å². The zero-order valence-electron chi connectivity index (χ0n) is 24.9. The summed E-state index contributed by atoms with van der Waals surface area (Å²) >= 11 is 0. The lowest BCUT2D eigenvalue weighted by atomic mass is 10.0. The summed E-state index contributed by atoms with van der Waals surface area (Å²) in [5.41, 5.74) is 7.12. The molecule has 0 unspecified atom stereocenters. The largest absolute Gasteiger partial charge is 0.508 e. The van der Waals surface area contributed by atoms with Crippen molar-refractivity contribution in [3.63, 3.8) is 0 Å². The summed E-state index contributed by atoms with van der Waals surface area (Å²) in [4.78, 5) is 78.6. The molecule has 3 rings (SSSR count). The lowest BCUT2D eigenvalue weighted by molar-refractivity contribution is -0.143. The number of aliphatic carboxylic acids is 2. The fourth-order valence-corrected chi connectivity index (χ4v) is 4.55. The number of hydrogen-bond donors (Lipinski definition) is 11. The molecule has 0 bridgehead atoms. The molecule has 17 nitrogen and oxygen atoms in total. The number of phenolic OH excluding ortho intramolecular Hbond substituents is 1. The molecule has 12 N–H and O–H groups in total. The van der Waals surface area contributed by atoms with Crippen molar-refractivity contribution in [2.45, 2.75) is 49.5 Å². The van der Waals surface area contributed by atoms with Gasteiger partial charge in [0.05, 0.1) is 19.6 Å². The number of amides is 4. The van der Waals surface area contributed by atoms with Crippen molar-refractivity contribution in [3.05, 3.63) is 65.9 Å². The zero-order chi connectivity index (χ0) is 34.7. The van der Waals surface area contributed by atoms with Gasteiger partial charge in [0, 0.05) is 29.9 Å². The molecule has 17 heteroatoms. The standard InChI is InChI=1S/C30H36N6O11/c31-19(13-37)26(42)36-24(14-38)29(45)33-21(10-16-12-32-20-4-2-1-3-18(16)20)27(43)34-22(11-25(40)41)28(44)35-23(30(46)47)9-15-5-7-17(39)8-6-15/h1-8,12,19,21-24,32,37-39H,9-11,13-14,31H2,(H,33,45)(H,34,43)(H,35,44)(H,36,42)(H,40,41)(H,46,47)/t19-,21-,22-,23-,24-/m0/s1. The Labute approximate surface area is 267 Å². The van der Waals surface area contributed by atoms with Gasteiger partial charge < -0.3 is 57.5 Å². The average Bonchev–Trinajstić information content (AvgIpc) is 3.45. The minimum Gasteiger partial charge on any atom is -0.508 e. The maximum Gasteiger partial charge on any atom is 0.326 e. The van der Waals surface area contributed by atoms with E-state index in [1.54, 1.807) is 30.5 Å². The number of carboxylic acid groups (broad SMARTS) is 2. The van der Waals surface area contributed by atoms with Crippen molar-refractivity contribution in [2.75, 3.05) is 13.2 Å². The van der Waals surface area contributed by atoms with Crippen molar-refractivity contribution in [3.8, 4) is 5.75 Å². The molecule has 1 heterocycles. The fourth-order valence-electron chi connectivity index (χ4n) is 4.55. The number of aliphatic hydroxyl groups excluding tert-OH is 2. The number of nitrogens with two attached hydrogens (primary N) is 1. The van der Waals surface area contributed by atoms with Gasteiger partial charge in [-0.25, -0.2) is 4.79 Å². The average molecular weight is 657 g/mol. The number of rotatable bonds is 17. The van der Waals surface area contributed by atoms with Gasteiger partial charge in [0.15, 0.2) is 0 Å². The number of carbonyl (C=O) groups excluding carboxylic acids is 4. The van der Waals surface area contributed by atoms with Crippen LogP contribution in [0.3, 0.4) is 0 Å². The van der Waals surface area contributed by atoms with Crippen LogP contribution in [-0.4, -0.2) is 110 Å². The van der Waals surface area contributed by atoms with Crippen LogP contribution in [0.2, 0.25) is 0 Å². The predicted molar refractivity (Wildman–Crippen MR) is 164 cm³/mol. The molecular weight excluding hydrogens is 620 g/mol. The summed E-state index contributed by atoms with van der Waals surface area (Å²) in [6.07, 6.45) is 0.183. The number of carbonyl (C=O) groups is 6. The van der Waals surface area contributed by atoms with Gasteiger partial charge >= 0.3 is 11.9 Å². The first-order valence-corrected chi connectivity index (χ1v) is 14.3. The summed E-state index contributed by atoms with van der Waals surface area (Å²) in [5.74, 6) is -7.19. The fraction of sp³-hybridized carbons (Fsp3) is 0.333. The van der Waals surface area contributed by atoms with Gasteiger partial charge in [-0.1, -0.05) is 30.3 Å². The molecule has 5 atom stereocenters. The summed E-state index contributed by atoms with van der Waals surface area (Å²) in [5, 5.41) is 57.2. The van der Waals surface area contributed by atoms with Crippen molar-refractivity contribution in [1.82, 2.24) is 26.3 Å². The Morgan fingerprint density at radius 2 is 1.28 bits per heavy atom. The number of aromatic hydroxyl groups is 1. The lowest BCUT2D eigenvalue weighted by Gasteiger charge is -2.25. The van der Waals surface area contributed by atoms with E-state index in [0.717, 1.165) is 0 Å². The molecule has 0 aliphatic heterocycles. The Kier molecular flexibility index (Phi) is 12.8. The maximum atomic E-state index is 13.6. The number of carboxylic acids is 2. The molecule has 0 fully saturated rings. The minimum atomic E-state index is -1.79. The van der Waals surface area contributed by atoms with Crippen LogP contribution in [0.25, 0.3) is 10.9 Å². The topological polar surface area (TPSA) is 294 Å². The molecule has 47 heavy (non-hydrogen) atoms. The Hall–Kier alpha value is -5.52. The Morgan fingerprint density at radius 3 is 1.89 bits per heavy atom. The highest BCUT2D eigenvalue weighted by molar-refractivity contribution is 5.97. The molecule has 0 saturated heterocycles. The Balaban J connectivity index is 1.86. The molecule has 1 aromatic heterocycles. The third kappa shape index (κ3) is 10.2. The molecule has 0 radical (unpaired) electrons. The number of nitrogens with one attached hydrogen (secondary N) is 5. The van der Waals surface area contributed by atoms with Crippen LogP contribution in [0.5, 0.6) is 5.75 Å². The number of para-hydroxylation sites is 1. The summed E-state index contributed by atoms with van der Waals surface area (Å²) in [7, 11) is 0. The number of fused-ring (bicyclic) bond motifs is 1. The monoisotopic (exact) mass is 656 g/mol. The van der Waals surface area contributed by atoms with Crippen LogP contribution in [-0.2, 0) is 41.6 Å². The Bertz CT molecular complexity index is 1590. The smallest absolute Gasteiger partial charge is 0.326 e. The second-order valence-electron chi connectivity index (χ2n) is 10.6. The molecule has 0 spiro atoms. The minimum absolute atomic E-state index is 0.0652. The summed E-state index contributed by atoms with van der Waals surface area (Å²) < 4.78 is 0. The first-order valence-electron chi connectivity index (χ1n) is 14.3. The zero-order valence-corrected chi connectivity index (χ0v) is 24.9. The van der Waals surface area contributed by atoms with Crippen LogP contribution < -0.4 is 27.0 Å². The number of phenols is 1. The molecule has 0 aliphatic rings. The number of aromatic nitrogens is 1. The SMILES string of the molecule is N[C@@H](CO)C(=O)N[C@@H](CO)C(=O)N[C@@H](Cc1c[nH]c2ccccc12)C(=O)N[C@@H](CC(=O)O)C(=O)N[C@@H](Cc1ccc(O)cc1)C(=O)O.